The fourth-order valence-electron chi connectivity index (χ4n) is 2.90. The van der Waals surface area contributed by atoms with Gasteiger partial charge < -0.3 is 9.47 Å². The molecular formula is C19H22N2O3. The van der Waals surface area contributed by atoms with Crippen molar-refractivity contribution in [2.24, 2.45) is 5.92 Å². The van der Waals surface area contributed by atoms with Gasteiger partial charge in [0.25, 0.3) is 0 Å². The zero-order valence-corrected chi connectivity index (χ0v) is 14.1. The van der Waals surface area contributed by atoms with E-state index in [-0.39, 0.29) is 11.7 Å². The van der Waals surface area contributed by atoms with Crippen molar-refractivity contribution in [3.8, 4) is 17.4 Å². The Balaban J connectivity index is 1.62. The lowest BCUT2D eigenvalue weighted by Crippen LogP contribution is -2.22. The topological polar surface area (TPSA) is 51.7 Å². The van der Waals surface area contributed by atoms with Crippen molar-refractivity contribution in [1.82, 2.24) is 9.88 Å². The summed E-state index contributed by atoms with van der Waals surface area (Å²) in [7, 11) is 1.63. The van der Waals surface area contributed by atoms with E-state index in [0.29, 0.717) is 5.88 Å². The van der Waals surface area contributed by atoms with Crippen LogP contribution in [0.3, 0.4) is 0 Å². The van der Waals surface area contributed by atoms with Crippen molar-refractivity contribution in [2.45, 2.75) is 19.9 Å². The van der Waals surface area contributed by atoms with Crippen LogP contribution in [0.25, 0.3) is 0 Å². The molecule has 2 aromatic rings. The third kappa shape index (κ3) is 4.11. The normalized spacial score (nSPS) is 17.7. The van der Waals surface area contributed by atoms with Gasteiger partial charge in [0.05, 0.1) is 12.8 Å². The summed E-state index contributed by atoms with van der Waals surface area (Å²) in [6, 6.07) is 13.2. The maximum atomic E-state index is 11.5. The molecule has 1 aromatic heterocycles. The highest BCUT2D eigenvalue weighted by Gasteiger charge is 2.25. The summed E-state index contributed by atoms with van der Waals surface area (Å²) in [5.41, 5.74) is 0.949. The largest absolute Gasteiger partial charge is 0.497 e. The molecule has 0 spiro atoms. The van der Waals surface area contributed by atoms with Gasteiger partial charge in [0.1, 0.15) is 17.3 Å². The average Bonchev–Trinajstić information content (AvgIpc) is 3.05. The lowest BCUT2D eigenvalue weighted by molar-refractivity contribution is -0.120. The van der Waals surface area contributed by atoms with Gasteiger partial charge in [-0.3, -0.25) is 9.69 Å². The highest BCUT2D eigenvalue weighted by atomic mass is 16.5. The van der Waals surface area contributed by atoms with Gasteiger partial charge in [-0.25, -0.2) is 4.98 Å². The van der Waals surface area contributed by atoms with E-state index < -0.39 is 0 Å². The number of benzene rings is 1. The first-order valence-corrected chi connectivity index (χ1v) is 8.14. The number of nitrogens with zero attached hydrogens (tertiary/aromatic N) is 2. The van der Waals surface area contributed by atoms with E-state index in [2.05, 4.69) is 9.88 Å². The minimum absolute atomic E-state index is 0.170. The summed E-state index contributed by atoms with van der Waals surface area (Å²) in [5, 5.41) is 0. The lowest BCUT2D eigenvalue weighted by atomic mass is 10.1. The van der Waals surface area contributed by atoms with Crippen LogP contribution >= 0.6 is 0 Å². The Kier molecular flexibility index (Phi) is 5.11. The second-order valence-electron chi connectivity index (χ2n) is 6.08. The van der Waals surface area contributed by atoms with E-state index in [9.17, 15) is 4.79 Å². The van der Waals surface area contributed by atoms with Gasteiger partial charge in [-0.15, -0.1) is 0 Å². The summed E-state index contributed by atoms with van der Waals surface area (Å²) in [4.78, 5) is 18.3. The van der Waals surface area contributed by atoms with Crippen LogP contribution in [0.15, 0.2) is 42.5 Å². The van der Waals surface area contributed by atoms with Crippen molar-refractivity contribution in [3.05, 3.63) is 48.2 Å². The van der Waals surface area contributed by atoms with Gasteiger partial charge in [-0.2, -0.15) is 0 Å². The van der Waals surface area contributed by atoms with E-state index in [1.807, 2.05) is 42.5 Å². The van der Waals surface area contributed by atoms with E-state index >= 15 is 0 Å². The predicted molar refractivity (Wildman–Crippen MR) is 91.4 cm³/mol. The van der Waals surface area contributed by atoms with Crippen LogP contribution in [0.4, 0.5) is 0 Å². The molecule has 24 heavy (non-hydrogen) atoms. The average molecular weight is 326 g/mol. The zero-order chi connectivity index (χ0) is 16.9. The molecule has 126 valence electrons. The molecule has 0 amide bonds. The van der Waals surface area contributed by atoms with Gasteiger partial charge in [0.15, 0.2) is 0 Å². The van der Waals surface area contributed by atoms with Crippen LogP contribution in [0.2, 0.25) is 0 Å². The van der Waals surface area contributed by atoms with E-state index in [0.717, 1.165) is 43.2 Å². The molecule has 3 rings (SSSR count). The smallest absolute Gasteiger partial charge is 0.219 e. The number of carbonyl (C=O) groups is 1. The molecule has 1 saturated heterocycles. The standard InChI is InChI=1S/C19H22N2O3/c1-14(22)15-10-11-21(12-15)13-16-4-3-5-19(20-16)24-18-8-6-17(23-2)7-9-18/h3-9,15H,10-13H2,1-2H3. The minimum Gasteiger partial charge on any atom is -0.497 e. The fraction of sp³-hybridized carbons (Fsp3) is 0.368. The molecule has 0 aliphatic carbocycles. The zero-order valence-electron chi connectivity index (χ0n) is 14.1. The minimum atomic E-state index is 0.170. The third-order valence-corrected chi connectivity index (χ3v) is 4.30. The van der Waals surface area contributed by atoms with Crippen LogP contribution in [-0.2, 0) is 11.3 Å². The Hall–Kier alpha value is -2.40. The third-order valence-electron chi connectivity index (χ3n) is 4.30. The summed E-state index contributed by atoms with van der Waals surface area (Å²) < 4.78 is 10.9. The molecule has 0 bridgehead atoms. The number of Topliss-reactive ketones (excluding diaryl/α,β-unsaturated/α-hetero) is 1. The second kappa shape index (κ2) is 7.45. The number of methoxy groups -OCH3 is 1. The van der Waals surface area contributed by atoms with Crippen molar-refractivity contribution >= 4 is 5.78 Å². The number of ketones is 1. The van der Waals surface area contributed by atoms with Gasteiger partial charge in [0.2, 0.25) is 5.88 Å². The Labute approximate surface area is 142 Å². The number of aromatic nitrogens is 1. The van der Waals surface area contributed by atoms with Crippen LogP contribution in [0, 0.1) is 5.92 Å². The number of hydrogen-bond acceptors (Lipinski definition) is 5. The molecular weight excluding hydrogens is 304 g/mol. The van der Waals surface area contributed by atoms with Gasteiger partial charge in [0, 0.05) is 25.1 Å². The number of hydrogen-bond donors (Lipinski definition) is 0. The Morgan fingerprint density at radius 3 is 2.62 bits per heavy atom. The molecule has 1 fully saturated rings. The Morgan fingerprint density at radius 2 is 1.96 bits per heavy atom. The molecule has 0 N–H and O–H groups in total. The number of likely N-dealkylation sites (tertiary alicyclic amines) is 1. The monoisotopic (exact) mass is 326 g/mol. The number of rotatable bonds is 6. The van der Waals surface area contributed by atoms with Crippen molar-refractivity contribution in [2.75, 3.05) is 20.2 Å². The molecule has 1 unspecified atom stereocenters. The van der Waals surface area contributed by atoms with Gasteiger partial charge >= 0.3 is 0 Å². The highest BCUT2D eigenvalue weighted by Crippen LogP contribution is 2.23. The Bertz CT molecular complexity index is 700. The molecule has 2 heterocycles. The van der Waals surface area contributed by atoms with Crippen LogP contribution in [-0.4, -0.2) is 35.9 Å². The predicted octanol–water partition coefficient (Wildman–Crippen LogP) is 3.29. The first-order valence-electron chi connectivity index (χ1n) is 8.14. The molecule has 0 saturated carbocycles. The molecule has 1 atom stereocenters. The number of carbonyl (C=O) groups excluding carboxylic acids is 1. The Morgan fingerprint density at radius 1 is 1.21 bits per heavy atom. The van der Waals surface area contributed by atoms with Crippen molar-refractivity contribution in [1.29, 1.82) is 0 Å². The summed E-state index contributed by atoms with van der Waals surface area (Å²) in [6.45, 7) is 4.18. The number of pyridine rings is 1. The highest BCUT2D eigenvalue weighted by molar-refractivity contribution is 5.78. The maximum Gasteiger partial charge on any atom is 0.219 e. The second-order valence-corrected chi connectivity index (χ2v) is 6.08. The molecule has 1 aliphatic heterocycles. The summed E-state index contributed by atoms with van der Waals surface area (Å²) in [5.74, 6) is 2.53. The van der Waals surface area contributed by atoms with Crippen LogP contribution < -0.4 is 9.47 Å². The first kappa shape index (κ1) is 16.5. The van der Waals surface area contributed by atoms with E-state index in [1.54, 1.807) is 14.0 Å². The fourth-order valence-corrected chi connectivity index (χ4v) is 2.90. The van der Waals surface area contributed by atoms with Crippen molar-refractivity contribution < 1.29 is 14.3 Å². The lowest BCUT2D eigenvalue weighted by Gasteiger charge is -2.15. The van der Waals surface area contributed by atoms with Gasteiger partial charge in [-0.1, -0.05) is 6.07 Å². The van der Waals surface area contributed by atoms with Crippen LogP contribution in [0.1, 0.15) is 19.0 Å². The molecule has 1 aromatic carbocycles. The molecule has 5 heteroatoms. The first-order chi connectivity index (χ1) is 11.6. The van der Waals surface area contributed by atoms with Crippen molar-refractivity contribution in [3.63, 3.8) is 0 Å². The molecule has 1 aliphatic rings. The van der Waals surface area contributed by atoms with E-state index in [4.69, 9.17) is 9.47 Å². The quantitative estimate of drug-likeness (QED) is 0.815. The summed E-state index contributed by atoms with van der Waals surface area (Å²) >= 11 is 0. The maximum absolute atomic E-state index is 11.5. The van der Waals surface area contributed by atoms with Crippen LogP contribution in [0.5, 0.6) is 17.4 Å². The molecule has 0 radical (unpaired) electrons. The summed E-state index contributed by atoms with van der Waals surface area (Å²) in [6.07, 6.45) is 0.942. The van der Waals surface area contributed by atoms with E-state index in [1.165, 1.54) is 0 Å². The SMILES string of the molecule is COc1ccc(Oc2cccc(CN3CCC(C(C)=O)C3)n2)cc1. The van der Waals surface area contributed by atoms with Gasteiger partial charge in [-0.05, 0) is 50.2 Å². The number of ether oxygens (including phenoxy) is 2. The molecule has 5 nitrogen and oxygen atoms in total.